The highest BCUT2D eigenvalue weighted by Gasteiger charge is 2.27. The fourth-order valence-corrected chi connectivity index (χ4v) is 1.69. The monoisotopic (exact) mass is 222 g/mol. The number of carbonyl (C=O) groups is 2. The number of allylic oxidation sites excluding steroid dienone is 2. The number of carboxylic acids is 1. The molecule has 6 nitrogen and oxygen atoms in total. The zero-order chi connectivity index (χ0) is 11.7. The number of nitrogens with one attached hydrogen (secondary N) is 1. The third-order valence-corrected chi connectivity index (χ3v) is 2.48. The highest BCUT2D eigenvalue weighted by molar-refractivity contribution is 5.75. The van der Waals surface area contributed by atoms with E-state index in [9.17, 15) is 9.59 Å². The van der Waals surface area contributed by atoms with Gasteiger partial charge in [-0.15, -0.1) is 0 Å². The van der Waals surface area contributed by atoms with Crippen molar-refractivity contribution in [1.82, 2.24) is 10.2 Å². The van der Waals surface area contributed by atoms with Crippen LogP contribution in [0, 0.1) is 5.92 Å². The summed E-state index contributed by atoms with van der Waals surface area (Å²) < 4.78 is 0. The van der Waals surface area contributed by atoms with Crippen LogP contribution in [-0.2, 0) is 4.79 Å². The number of carboxylic acid groups (broad SMARTS) is 2. The molecule has 0 saturated carbocycles. The second-order valence-electron chi connectivity index (χ2n) is 3.48. The maximum atomic E-state index is 10.9. The quantitative estimate of drug-likeness (QED) is 0.613. The van der Waals surface area contributed by atoms with E-state index in [1.54, 1.807) is 0 Å². The summed E-state index contributed by atoms with van der Waals surface area (Å²) in [5, 5.41) is 20.6. The first-order valence-corrected chi connectivity index (χ1v) is 4.69. The first-order valence-electron chi connectivity index (χ1n) is 4.69. The highest BCUT2D eigenvalue weighted by atomic mass is 16.4. The summed E-state index contributed by atoms with van der Waals surface area (Å²) in [6.45, 7) is 0. The van der Waals surface area contributed by atoms with Gasteiger partial charge in [-0.25, -0.2) is 4.79 Å². The van der Waals surface area contributed by atoms with Gasteiger partial charge >= 0.3 is 12.1 Å². The van der Waals surface area contributed by atoms with E-state index in [0.29, 0.717) is 11.4 Å². The van der Waals surface area contributed by atoms with Gasteiger partial charge in [0.05, 0.1) is 11.6 Å². The molecule has 84 valence electrons. The zero-order valence-electron chi connectivity index (χ0n) is 8.25. The van der Waals surface area contributed by atoms with E-state index in [2.05, 4.69) is 5.32 Å². The number of hydrogen-bond donors (Lipinski definition) is 3. The van der Waals surface area contributed by atoms with Gasteiger partial charge in [0.15, 0.2) is 0 Å². The van der Waals surface area contributed by atoms with Gasteiger partial charge in [-0.05, 0) is 6.08 Å². The summed E-state index contributed by atoms with van der Waals surface area (Å²) in [7, 11) is 0. The Bertz CT molecular complexity index is 436. The molecule has 2 rings (SSSR count). The molecule has 0 bridgehead atoms. The number of aliphatic carboxylic acids is 1. The third-order valence-electron chi connectivity index (χ3n) is 2.48. The molecule has 0 fully saturated rings. The number of hydrogen-bond acceptors (Lipinski definition) is 3. The Kier molecular flexibility index (Phi) is 2.40. The molecule has 0 aromatic heterocycles. The van der Waals surface area contributed by atoms with Gasteiger partial charge < -0.3 is 15.5 Å². The number of rotatable bonds is 1. The van der Waals surface area contributed by atoms with Crippen LogP contribution in [0.4, 0.5) is 4.79 Å². The molecule has 0 aromatic carbocycles. The number of amides is 1. The van der Waals surface area contributed by atoms with Crippen molar-refractivity contribution in [3.8, 4) is 0 Å². The lowest BCUT2D eigenvalue weighted by Gasteiger charge is -2.28. The van der Waals surface area contributed by atoms with E-state index in [0.717, 1.165) is 4.90 Å². The van der Waals surface area contributed by atoms with Crippen molar-refractivity contribution in [2.24, 2.45) is 5.92 Å². The molecule has 0 radical (unpaired) electrons. The Morgan fingerprint density at radius 1 is 1.44 bits per heavy atom. The summed E-state index contributed by atoms with van der Waals surface area (Å²) in [5.41, 5.74) is 1.09. The minimum absolute atomic E-state index is 0.273. The van der Waals surface area contributed by atoms with Gasteiger partial charge in [0.2, 0.25) is 0 Å². The lowest BCUT2D eigenvalue weighted by atomic mass is 9.95. The molecule has 2 aliphatic rings. The molecule has 16 heavy (non-hydrogen) atoms. The van der Waals surface area contributed by atoms with Crippen LogP contribution in [0.15, 0.2) is 35.9 Å². The van der Waals surface area contributed by atoms with Crippen molar-refractivity contribution in [3.63, 3.8) is 0 Å². The van der Waals surface area contributed by atoms with Crippen LogP contribution < -0.4 is 5.32 Å². The molecule has 3 N–H and O–H groups in total. The van der Waals surface area contributed by atoms with E-state index in [1.165, 1.54) is 24.6 Å². The van der Waals surface area contributed by atoms with Crippen molar-refractivity contribution in [2.75, 3.05) is 0 Å². The lowest BCUT2D eigenvalue weighted by Crippen LogP contribution is -2.33. The molecule has 1 aliphatic heterocycles. The SMILES string of the molecule is O=C(O)C1C=CC2=C(C1)NC=CN2C(=O)O. The number of nitrogens with zero attached hydrogens (tertiary/aromatic N) is 1. The Morgan fingerprint density at radius 3 is 2.81 bits per heavy atom. The van der Waals surface area contributed by atoms with Gasteiger partial charge in [-0.2, -0.15) is 0 Å². The Labute approximate surface area is 91.2 Å². The third kappa shape index (κ3) is 1.65. The molecule has 1 atom stereocenters. The first kappa shape index (κ1) is 10.3. The molecule has 6 heteroatoms. The average molecular weight is 222 g/mol. The van der Waals surface area contributed by atoms with E-state index >= 15 is 0 Å². The van der Waals surface area contributed by atoms with Crippen molar-refractivity contribution in [3.05, 3.63) is 35.9 Å². The smallest absolute Gasteiger partial charge is 0.416 e. The van der Waals surface area contributed by atoms with Gasteiger partial charge in [-0.3, -0.25) is 9.69 Å². The van der Waals surface area contributed by atoms with Crippen molar-refractivity contribution in [2.45, 2.75) is 6.42 Å². The molecule has 1 amide bonds. The summed E-state index contributed by atoms with van der Waals surface area (Å²) in [4.78, 5) is 22.7. The lowest BCUT2D eigenvalue weighted by molar-refractivity contribution is -0.140. The fraction of sp³-hybridized carbons (Fsp3) is 0.200. The van der Waals surface area contributed by atoms with Crippen LogP contribution in [0.25, 0.3) is 0 Å². The average Bonchev–Trinajstić information content (AvgIpc) is 2.27. The molecule has 0 aromatic rings. The Hall–Kier alpha value is -2.24. The second kappa shape index (κ2) is 3.73. The van der Waals surface area contributed by atoms with Crippen molar-refractivity contribution < 1.29 is 19.8 Å². The second-order valence-corrected chi connectivity index (χ2v) is 3.48. The zero-order valence-corrected chi connectivity index (χ0v) is 8.25. The van der Waals surface area contributed by atoms with Crippen molar-refractivity contribution in [1.29, 1.82) is 0 Å². The van der Waals surface area contributed by atoms with Gasteiger partial charge in [0.25, 0.3) is 0 Å². The largest absolute Gasteiger partial charge is 0.481 e. The first-order chi connectivity index (χ1) is 7.59. The minimum Gasteiger partial charge on any atom is -0.481 e. The van der Waals surface area contributed by atoms with Crippen LogP contribution in [0.1, 0.15) is 6.42 Å². The van der Waals surface area contributed by atoms with Gasteiger partial charge in [0, 0.05) is 24.5 Å². The van der Waals surface area contributed by atoms with Crippen LogP contribution >= 0.6 is 0 Å². The van der Waals surface area contributed by atoms with E-state index < -0.39 is 18.0 Å². The van der Waals surface area contributed by atoms with Crippen LogP contribution in [0.3, 0.4) is 0 Å². The van der Waals surface area contributed by atoms with E-state index in [1.807, 2.05) is 0 Å². The summed E-state index contributed by atoms with van der Waals surface area (Å²) in [6, 6.07) is 0. The molecule has 1 heterocycles. The molecule has 1 unspecified atom stereocenters. The Balaban J connectivity index is 2.27. The molecular formula is C10H10N2O4. The minimum atomic E-state index is -1.09. The predicted molar refractivity (Wildman–Crippen MR) is 54.0 cm³/mol. The van der Waals surface area contributed by atoms with Gasteiger partial charge in [-0.1, -0.05) is 6.08 Å². The van der Waals surface area contributed by atoms with Crippen LogP contribution in [-0.4, -0.2) is 27.2 Å². The normalized spacial score (nSPS) is 22.8. The molecule has 0 spiro atoms. The Morgan fingerprint density at radius 2 is 2.19 bits per heavy atom. The maximum absolute atomic E-state index is 10.9. The van der Waals surface area contributed by atoms with E-state index in [4.69, 9.17) is 10.2 Å². The molecule has 0 saturated heterocycles. The summed E-state index contributed by atoms with van der Waals surface area (Å²) >= 11 is 0. The van der Waals surface area contributed by atoms with E-state index in [-0.39, 0.29) is 6.42 Å². The summed E-state index contributed by atoms with van der Waals surface area (Å²) in [5.74, 6) is -1.52. The van der Waals surface area contributed by atoms with Crippen molar-refractivity contribution >= 4 is 12.1 Å². The van der Waals surface area contributed by atoms with Crippen LogP contribution in [0.2, 0.25) is 0 Å². The summed E-state index contributed by atoms with van der Waals surface area (Å²) in [6.07, 6.45) is 5.05. The van der Waals surface area contributed by atoms with Gasteiger partial charge in [0.1, 0.15) is 0 Å². The maximum Gasteiger partial charge on any atom is 0.416 e. The molecule has 1 aliphatic carbocycles. The predicted octanol–water partition coefficient (Wildman–Crippen LogP) is 0.913. The molecular weight excluding hydrogens is 212 g/mol. The fourth-order valence-electron chi connectivity index (χ4n) is 1.69. The topological polar surface area (TPSA) is 89.9 Å². The highest BCUT2D eigenvalue weighted by Crippen LogP contribution is 2.26. The standard InChI is InChI=1S/C10H10N2O4/c13-9(14)6-1-2-8-7(5-6)11-3-4-12(8)10(15)16/h1-4,6,11H,5H2,(H,13,14)(H,15,16). The van der Waals surface area contributed by atoms with Crippen LogP contribution in [0.5, 0.6) is 0 Å².